The molecular weight excluding hydrogens is 268 g/mol. The molecule has 116 valence electrons. The predicted molar refractivity (Wildman–Crippen MR) is 81.3 cm³/mol. The molecule has 0 spiro atoms. The van der Waals surface area contributed by atoms with Crippen LogP contribution in [0, 0.1) is 0 Å². The fraction of sp³-hybridized carbons (Fsp3) is 0.562. The van der Waals surface area contributed by atoms with Gasteiger partial charge in [0, 0.05) is 26.2 Å². The zero-order valence-electron chi connectivity index (χ0n) is 12.7. The first-order valence-corrected chi connectivity index (χ1v) is 7.33. The molecule has 5 nitrogen and oxygen atoms in total. The zero-order chi connectivity index (χ0) is 15.2. The number of likely N-dealkylation sites (tertiary alicyclic amines) is 1. The van der Waals surface area contributed by atoms with Gasteiger partial charge in [0.2, 0.25) is 5.91 Å². The number of rotatable bonds is 5. The van der Waals surface area contributed by atoms with Gasteiger partial charge in [0.05, 0.1) is 19.6 Å². The van der Waals surface area contributed by atoms with Crippen LogP contribution in [-0.4, -0.2) is 50.3 Å². The summed E-state index contributed by atoms with van der Waals surface area (Å²) in [6.07, 6.45) is 2.31. The Morgan fingerprint density at radius 3 is 2.62 bits per heavy atom. The molecule has 0 aliphatic carbocycles. The van der Waals surface area contributed by atoms with Gasteiger partial charge in [-0.15, -0.1) is 0 Å². The van der Waals surface area contributed by atoms with Crippen molar-refractivity contribution in [2.24, 2.45) is 5.73 Å². The van der Waals surface area contributed by atoms with Crippen LogP contribution in [0.15, 0.2) is 24.3 Å². The molecule has 5 heteroatoms. The van der Waals surface area contributed by atoms with Crippen molar-refractivity contribution in [2.45, 2.75) is 31.4 Å². The Morgan fingerprint density at radius 1 is 1.33 bits per heavy atom. The van der Waals surface area contributed by atoms with E-state index in [1.54, 1.807) is 14.2 Å². The van der Waals surface area contributed by atoms with Gasteiger partial charge in [-0.2, -0.15) is 0 Å². The van der Waals surface area contributed by atoms with Gasteiger partial charge in [-0.1, -0.05) is 12.1 Å². The normalized spacial score (nSPS) is 22.1. The molecule has 1 aromatic carbocycles. The van der Waals surface area contributed by atoms with Crippen molar-refractivity contribution in [3.63, 3.8) is 0 Å². The maximum Gasteiger partial charge on any atom is 0.227 e. The summed E-state index contributed by atoms with van der Waals surface area (Å²) in [6, 6.07) is 7.68. The minimum absolute atomic E-state index is 0.0782. The number of ether oxygens (including phenoxy) is 2. The molecule has 1 aromatic rings. The van der Waals surface area contributed by atoms with Crippen molar-refractivity contribution in [2.75, 3.05) is 27.3 Å². The summed E-state index contributed by atoms with van der Waals surface area (Å²) in [4.78, 5) is 14.4. The molecule has 1 saturated heterocycles. The minimum Gasteiger partial charge on any atom is -0.497 e. The highest BCUT2D eigenvalue weighted by Gasteiger charge is 2.30. The Hall–Kier alpha value is -1.59. The van der Waals surface area contributed by atoms with E-state index in [4.69, 9.17) is 15.2 Å². The van der Waals surface area contributed by atoms with Gasteiger partial charge in [-0.05, 0) is 30.5 Å². The molecule has 2 N–H and O–H groups in total. The highest BCUT2D eigenvalue weighted by Crippen LogP contribution is 2.20. The van der Waals surface area contributed by atoms with Crippen LogP contribution in [0.1, 0.15) is 18.4 Å². The average Bonchev–Trinajstić information content (AvgIpc) is 2.54. The molecule has 1 fully saturated rings. The molecule has 0 saturated carbocycles. The third-order valence-electron chi connectivity index (χ3n) is 4.11. The second kappa shape index (κ2) is 7.43. The second-order valence-corrected chi connectivity index (χ2v) is 5.38. The van der Waals surface area contributed by atoms with Crippen LogP contribution in [0.3, 0.4) is 0 Å². The second-order valence-electron chi connectivity index (χ2n) is 5.38. The van der Waals surface area contributed by atoms with Crippen LogP contribution in [0.4, 0.5) is 0 Å². The van der Waals surface area contributed by atoms with Crippen LogP contribution in [-0.2, 0) is 16.0 Å². The lowest BCUT2D eigenvalue weighted by Crippen LogP contribution is -2.51. The van der Waals surface area contributed by atoms with Crippen LogP contribution in [0.25, 0.3) is 0 Å². The highest BCUT2D eigenvalue weighted by molar-refractivity contribution is 5.79. The summed E-state index contributed by atoms with van der Waals surface area (Å²) in [5.41, 5.74) is 6.80. The quantitative estimate of drug-likeness (QED) is 0.886. The van der Waals surface area contributed by atoms with E-state index in [-0.39, 0.29) is 18.1 Å². The van der Waals surface area contributed by atoms with Crippen molar-refractivity contribution >= 4 is 5.91 Å². The van der Waals surface area contributed by atoms with Gasteiger partial charge in [0.15, 0.2) is 0 Å². The fourth-order valence-electron chi connectivity index (χ4n) is 2.80. The van der Waals surface area contributed by atoms with Crippen molar-refractivity contribution < 1.29 is 14.3 Å². The van der Waals surface area contributed by atoms with Gasteiger partial charge in [-0.25, -0.2) is 0 Å². The lowest BCUT2D eigenvalue weighted by atomic mass is 9.98. The smallest absolute Gasteiger partial charge is 0.227 e. The van der Waals surface area contributed by atoms with E-state index in [0.29, 0.717) is 13.0 Å². The van der Waals surface area contributed by atoms with Crippen LogP contribution in [0.5, 0.6) is 5.75 Å². The van der Waals surface area contributed by atoms with E-state index in [0.717, 1.165) is 30.7 Å². The molecule has 1 aliphatic heterocycles. The minimum atomic E-state index is 0.0782. The molecule has 0 aromatic heterocycles. The van der Waals surface area contributed by atoms with E-state index in [1.165, 1.54) is 0 Å². The molecule has 0 radical (unpaired) electrons. The first-order valence-electron chi connectivity index (χ1n) is 7.33. The predicted octanol–water partition coefficient (Wildman–Crippen LogP) is 1.20. The van der Waals surface area contributed by atoms with Crippen LogP contribution < -0.4 is 10.5 Å². The third kappa shape index (κ3) is 3.95. The number of carbonyl (C=O) groups is 1. The van der Waals surface area contributed by atoms with Crippen molar-refractivity contribution in [3.05, 3.63) is 29.8 Å². The fourth-order valence-corrected chi connectivity index (χ4v) is 2.80. The molecular formula is C16H24N2O3. The lowest BCUT2D eigenvalue weighted by Gasteiger charge is -2.38. The number of hydrogen-bond acceptors (Lipinski definition) is 4. The highest BCUT2D eigenvalue weighted by atomic mass is 16.5. The number of carbonyl (C=O) groups excluding carboxylic acids is 1. The monoisotopic (exact) mass is 292 g/mol. The van der Waals surface area contributed by atoms with Crippen molar-refractivity contribution in [1.82, 2.24) is 4.90 Å². The first kappa shape index (κ1) is 15.8. The Bertz CT molecular complexity index is 461. The van der Waals surface area contributed by atoms with Gasteiger partial charge < -0.3 is 20.1 Å². The molecule has 1 heterocycles. The topological polar surface area (TPSA) is 64.8 Å². The number of nitrogens with zero attached hydrogens (tertiary/aromatic N) is 1. The molecule has 1 amide bonds. The summed E-state index contributed by atoms with van der Waals surface area (Å²) in [7, 11) is 3.35. The van der Waals surface area contributed by atoms with E-state index < -0.39 is 0 Å². The average molecular weight is 292 g/mol. The molecule has 21 heavy (non-hydrogen) atoms. The molecule has 2 unspecified atom stereocenters. The molecule has 1 aliphatic rings. The lowest BCUT2D eigenvalue weighted by molar-refractivity contribution is -0.136. The first-order chi connectivity index (χ1) is 10.2. The third-order valence-corrected chi connectivity index (χ3v) is 4.11. The zero-order valence-corrected chi connectivity index (χ0v) is 12.7. The molecule has 2 rings (SSSR count). The Morgan fingerprint density at radius 2 is 2.05 bits per heavy atom. The molecule has 0 bridgehead atoms. The van der Waals surface area contributed by atoms with E-state index in [9.17, 15) is 4.79 Å². The van der Waals surface area contributed by atoms with Gasteiger partial charge in [0.1, 0.15) is 5.75 Å². The summed E-state index contributed by atoms with van der Waals surface area (Å²) in [5, 5.41) is 0. The van der Waals surface area contributed by atoms with Gasteiger partial charge >= 0.3 is 0 Å². The molecule has 2 atom stereocenters. The number of piperidine rings is 1. The SMILES string of the molecule is COc1ccc(CC(=O)N2CCC(OC)CC2CN)cc1. The summed E-state index contributed by atoms with van der Waals surface area (Å²) in [6.45, 7) is 1.20. The Labute approximate surface area is 126 Å². The number of hydrogen-bond donors (Lipinski definition) is 1. The number of benzene rings is 1. The maximum atomic E-state index is 12.5. The Kier molecular flexibility index (Phi) is 5.59. The number of amides is 1. The van der Waals surface area contributed by atoms with Crippen molar-refractivity contribution in [1.29, 1.82) is 0 Å². The number of nitrogens with two attached hydrogens (primary N) is 1. The van der Waals surface area contributed by atoms with Gasteiger partial charge in [0.25, 0.3) is 0 Å². The maximum absolute atomic E-state index is 12.5. The summed E-state index contributed by atoms with van der Waals surface area (Å²) in [5.74, 6) is 0.928. The largest absolute Gasteiger partial charge is 0.497 e. The van der Waals surface area contributed by atoms with E-state index in [1.807, 2.05) is 29.2 Å². The Balaban J connectivity index is 1.98. The summed E-state index contributed by atoms with van der Waals surface area (Å²) < 4.78 is 10.5. The van der Waals surface area contributed by atoms with Gasteiger partial charge in [-0.3, -0.25) is 4.79 Å². The van der Waals surface area contributed by atoms with E-state index in [2.05, 4.69) is 0 Å². The number of methoxy groups -OCH3 is 2. The van der Waals surface area contributed by atoms with Crippen molar-refractivity contribution in [3.8, 4) is 5.75 Å². The van der Waals surface area contributed by atoms with E-state index >= 15 is 0 Å². The summed E-state index contributed by atoms with van der Waals surface area (Å²) >= 11 is 0. The standard InChI is InChI=1S/C16H24N2O3/c1-20-14-5-3-12(4-6-14)9-16(19)18-8-7-15(21-2)10-13(18)11-17/h3-6,13,15H,7-11,17H2,1-2H3. The van der Waals surface area contributed by atoms with Crippen LogP contribution in [0.2, 0.25) is 0 Å². The van der Waals surface area contributed by atoms with Crippen LogP contribution >= 0.6 is 0 Å².